The lowest BCUT2D eigenvalue weighted by Gasteiger charge is -2.14. The van der Waals surface area contributed by atoms with Crippen LogP contribution < -0.4 is 5.32 Å². The molecule has 1 unspecified atom stereocenters. The number of carbonyl (C=O) groups is 1. The lowest BCUT2D eigenvalue weighted by molar-refractivity contribution is -0.126. The molecule has 0 aliphatic heterocycles. The Morgan fingerprint density at radius 3 is 2.75 bits per heavy atom. The van der Waals surface area contributed by atoms with E-state index in [9.17, 15) is 4.79 Å². The van der Waals surface area contributed by atoms with Crippen molar-refractivity contribution >= 4 is 11.7 Å². The first-order valence-corrected chi connectivity index (χ1v) is 5.98. The summed E-state index contributed by atoms with van der Waals surface area (Å²) in [6.45, 7) is 0. The van der Waals surface area contributed by atoms with Gasteiger partial charge < -0.3 is 10.1 Å². The van der Waals surface area contributed by atoms with Crippen molar-refractivity contribution in [2.45, 2.75) is 6.10 Å². The van der Waals surface area contributed by atoms with Gasteiger partial charge in [0.25, 0.3) is 5.91 Å². The van der Waals surface area contributed by atoms with E-state index in [1.54, 1.807) is 25.4 Å². The summed E-state index contributed by atoms with van der Waals surface area (Å²) in [6, 6.07) is 11.1. The van der Waals surface area contributed by atoms with Gasteiger partial charge in [-0.15, -0.1) is 0 Å². The number of benzene rings is 1. The Labute approximate surface area is 116 Å². The van der Waals surface area contributed by atoms with E-state index in [0.29, 0.717) is 5.56 Å². The number of nitrogens with one attached hydrogen (secondary N) is 1. The Kier molecular flexibility index (Phi) is 4.13. The molecule has 102 valence electrons. The second-order valence-corrected chi connectivity index (χ2v) is 4.19. The molecular weight excluding hydrogens is 256 g/mol. The Balaban J connectivity index is 2.20. The second kappa shape index (κ2) is 5.99. The van der Waals surface area contributed by atoms with Gasteiger partial charge in [-0.2, -0.15) is 10.4 Å². The first-order chi connectivity index (χ1) is 9.65. The molecule has 0 spiro atoms. The number of rotatable bonds is 4. The number of aryl methyl sites for hydroxylation is 1. The van der Waals surface area contributed by atoms with E-state index in [1.165, 1.54) is 11.8 Å². The molecule has 6 nitrogen and oxygen atoms in total. The van der Waals surface area contributed by atoms with Crippen LogP contribution >= 0.6 is 0 Å². The molecule has 2 aromatic rings. The van der Waals surface area contributed by atoms with Crippen molar-refractivity contribution in [3.63, 3.8) is 0 Å². The number of amides is 1. The standard InChI is InChI=1S/C14H14N4O2/c1-18-9-11(8-15)13(17-18)16-14(19)12(20-2)10-6-4-3-5-7-10/h3-7,9,12H,1-2H3,(H,16,17,19). The molecule has 20 heavy (non-hydrogen) atoms. The van der Waals surface area contributed by atoms with Gasteiger partial charge in [-0.05, 0) is 5.56 Å². The molecule has 0 fully saturated rings. The molecule has 6 heteroatoms. The van der Waals surface area contributed by atoms with Crippen LogP contribution in [-0.4, -0.2) is 22.8 Å². The molecule has 1 aromatic heterocycles. The predicted octanol–water partition coefficient (Wildman–Crippen LogP) is 1.62. The summed E-state index contributed by atoms with van der Waals surface area (Å²) in [5.41, 5.74) is 1.05. The Bertz CT molecular complexity index is 643. The van der Waals surface area contributed by atoms with Crippen molar-refractivity contribution in [2.24, 2.45) is 7.05 Å². The molecule has 0 saturated heterocycles. The third-order valence-corrected chi connectivity index (χ3v) is 2.77. The highest BCUT2D eigenvalue weighted by atomic mass is 16.5. The predicted molar refractivity (Wildman–Crippen MR) is 72.7 cm³/mol. The van der Waals surface area contributed by atoms with E-state index < -0.39 is 6.10 Å². The monoisotopic (exact) mass is 270 g/mol. The Morgan fingerprint density at radius 2 is 2.15 bits per heavy atom. The summed E-state index contributed by atoms with van der Waals surface area (Å²) in [4.78, 5) is 12.2. The fraction of sp³-hybridized carbons (Fsp3) is 0.214. The quantitative estimate of drug-likeness (QED) is 0.915. The van der Waals surface area contributed by atoms with E-state index in [1.807, 2.05) is 24.3 Å². The van der Waals surface area contributed by atoms with Gasteiger partial charge in [-0.1, -0.05) is 30.3 Å². The average Bonchev–Trinajstić information content (AvgIpc) is 2.80. The molecule has 0 aliphatic rings. The topological polar surface area (TPSA) is 79.9 Å². The SMILES string of the molecule is COC(C(=O)Nc1nn(C)cc1C#N)c1ccccc1. The number of hydrogen-bond acceptors (Lipinski definition) is 4. The molecule has 0 aliphatic carbocycles. The van der Waals surface area contributed by atoms with Gasteiger partial charge in [0.15, 0.2) is 11.9 Å². The van der Waals surface area contributed by atoms with Gasteiger partial charge in [0, 0.05) is 20.4 Å². The fourth-order valence-corrected chi connectivity index (χ4v) is 1.87. The number of aromatic nitrogens is 2. The molecule has 0 saturated carbocycles. The minimum atomic E-state index is -0.746. The summed E-state index contributed by atoms with van der Waals surface area (Å²) in [5, 5.41) is 15.6. The third-order valence-electron chi connectivity index (χ3n) is 2.77. The maximum absolute atomic E-state index is 12.2. The summed E-state index contributed by atoms with van der Waals surface area (Å²) in [5.74, 6) is -0.133. The molecule has 1 N–H and O–H groups in total. The van der Waals surface area contributed by atoms with E-state index in [4.69, 9.17) is 10.00 Å². The van der Waals surface area contributed by atoms with Crippen LogP contribution in [0.5, 0.6) is 0 Å². The van der Waals surface area contributed by atoms with Crippen molar-refractivity contribution in [1.82, 2.24) is 9.78 Å². The Morgan fingerprint density at radius 1 is 1.45 bits per heavy atom. The van der Waals surface area contributed by atoms with Crippen LogP contribution in [0.1, 0.15) is 17.2 Å². The molecular formula is C14H14N4O2. The largest absolute Gasteiger partial charge is 0.367 e. The maximum Gasteiger partial charge on any atom is 0.259 e. The zero-order chi connectivity index (χ0) is 14.5. The van der Waals surface area contributed by atoms with E-state index in [2.05, 4.69) is 10.4 Å². The number of methoxy groups -OCH3 is 1. The van der Waals surface area contributed by atoms with Crippen LogP contribution in [0.15, 0.2) is 36.5 Å². The molecule has 1 heterocycles. The van der Waals surface area contributed by atoms with Gasteiger partial charge in [0.05, 0.1) is 0 Å². The summed E-state index contributed by atoms with van der Waals surface area (Å²) in [6.07, 6.45) is 0.796. The highest BCUT2D eigenvalue weighted by Crippen LogP contribution is 2.19. The molecule has 1 amide bonds. The molecule has 0 bridgehead atoms. The molecule has 2 rings (SSSR count). The van der Waals surface area contributed by atoms with Crippen LogP contribution in [0.2, 0.25) is 0 Å². The molecule has 1 aromatic carbocycles. The zero-order valence-corrected chi connectivity index (χ0v) is 11.2. The number of nitrogens with zero attached hydrogens (tertiary/aromatic N) is 3. The van der Waals surface area contributed by atoms with Crippen LogP contribution in [-0.2, 0) is 16.6 Å². The van der Waals surface area contributed by atoms with Crippen LogP contribution in [0, 0.1) is 11.3 Å². The second-order valence-electron chi connectivity index (χ2n) is 4.19. The average molecular weight is 270 g/mol. The van der Waals surface area contributed by atoms with Gasteiger partial charge in [-0.3, -0.25) is 9.48 Å². The lowest BCUT2D eigenvalue weighted by atomic mass is 10.1. The minimum Gasteiger partial charge on any atom is -0.367 e. The van der Waals surface area contributed by atoms with Crippen molar-refractivity contribution in [3.05, 3.63) is 47.7 Å². The van der Waals surface area contributed by atoms with Gasteiger partial charge >= 0.3 is 0 Å². The van der Waals surface area contributed by atoms with Crippen LogP contribution in [0.25, 0.3) is 0 Å². The van der Waals surface area contributed by atoms with E-state index in [0.717, 1.165) is 5.56 Å². The van der Waals surface area contributed by atoms with Gasteiger partial charge in [0.2, 0.25) is 0 Å². The molecule has 0 radical (unpaired) electrons. The summed E-state index contributed by atoms with van der Waals surface area (Å²) in [7, 11) is 3.14. The van der Waals surface area contributed by atoms with Crippen molar-refractivity contribution in [3.8, 4) is 6.07 Å². The lowest BCUT2D eigenvalue weighted by Crippen LogP contribution is -2.23. The number of ether oxygens (including phenoxy) is 1. The summed E-state index contributed by atoms with van der Waals surface area (Å²) >= 11 is 0. The first-order valence-electron chi connectivity index (χ1n) is 5.98. The maximum atomic E-state index is 12.2. The van der Waals surface area contributed by atoms with Gasteiger partial charge in [0.1, 0.15) is 11.6 Å². The van der Waals surface area contributed by atoms with Crippen LogP contribution in [0.3, 0.4) is 0 Å². The third kappa shape index (κ3) is 2.84. The van der Waals surface area contributed by atoms with Crippen molar-refractivity contribution in [1.29, 1.82) is 5.26 Å². The van der Waals surface area contributed by atoms with Crippen molar-refractivity contribution < 1.29 is 9.53 Å². The number of anilines is 1. The van der Waals surface area contributed by atoms with Gasteiger partial charge in [-0.25, -0.2) is 0 Å². The summed E-state index contributed by atoms with van der Waals surface area (Å²) < 4.78 is 6.69. The number of hydrogen-bond donors (Lipinski definition) is 1. The molecule has 1 atom stereocenters. The highest BCUT2D eigenvalue weighted by Gasteiger charge is 2.22. The highest BCUT2D eigenvalue weighted by molar-refractivity contribution is 5.95. The van der Waals surface area contributed by atoms with E-state index >= 15 is 0 Å². The Hall–Kier alpha value is -2.65. The normalized spacial score (nSPS) is 11.7. The smallest absolute Gasteiger partial charge is 0.259 e. The van der Waals surface area contributed by atoms with Crippen molar-refractivity contribution in [2.75, 3.05) is 12.4 Å². The van der Waals surface area contributed by atoms with E-state index in [-0.39, 0.29) is 11.7 Å². The minimum absolute atomic E-state index is 0.234. The number of carbonyl (C=O) groups excluding carboxylic acids is 1. The number of nitriles is 1. The first kappa shape index (κ1) is 13.8. The van der Waals surface area contributed by atoms with Crippen LogP contribution in [0.4, 0.5) is 5.82 Å². The zero-order valence-electron chi connectivity index (χ0n) is 11.2. The fourth-order valence-electron chi connectivity index (χ4n) is 1.87.